The Labute approximate surface area is 163 Å². The first-order valence-electron chi connectivity index (χ1n) is 9.61. The van der Waals surface area contributed by atoms with Gasteiger partial charge in [-0.15, -0.1) is 0 Å². The Morgan fingerprint density at radius 3 is 2.86 bits per heavy atom. The average Bonchev–Trinajstić information content (AvgIpc) is 3.13. The highest BCUT2D eigenvalue weighted by molar-refractivity contribution is 5.98. The maximum absolute atomic E-state index is 12.8. The lowest BCUT2D eigenvalue weighted by atomic mass is 10.1. The van der Waals surface area contributed by atoms with Crippen molar-refractivity contribution in [1.82, 2.24) is 15.3 Å². The molecule has 0 bridgehead atoms. The monoisotopic (exact) mass is 384 g/mol. The van der Waals surface area contributed by atoms with Crippen LogP contribution in [0.5, 0.6) is 5.88 Å². The molecule has 8 nitrogen and oxygen atoms in total. The van der Waals surface area contributed by atoms with Crippen molar-refractivity contribution in [3.8, 4) is 5.88 Å². The zero-order chi connectivity index (χ0) is 19.7. The van der Waals surface area contributed by atoms with Crippen molar-refractivity contribution < 1.29 is 18.7 Å². The van der Waals surface area contributed by atoms with Crippen LogP contribution in [-0.2, 0) is 10.3 Å². The summed E-state index contributed by atoms with van der Waals surface area (Å²) in [7, 11) is 0. The van der Waals surface area contributed by atoms with E-state index in [2.05, 4.69) is 15.3 Å². The van der Waals surface area contributed by atoms with Crippen LogP contribution in [0.3, 0.4) is 0 Å². The van der Waals surface area contributed by atoms with Crippen LogP contribution in [0.2, 0.25) is 0 Å². The number of nitrogens with one attached hydrogen (secondary N) is 1. The second-order valence-corrected chi connectivity index (χ2v) is 7.84. The van der Waals surface area contributed by atoms with E-state index >= 15 is 0 Å². The molecule has 0 radical (unpaired) electrons. The van der Waals surface area contributed by atoms with Gasteiger partial charge in [-0.05, 0) is 51.2 Å². The molecular formula is C20H24N4O4. The molecule has 1 saturated carbocycles. The Hall–Kier alpha value is -2.90. The second kappa shape index (κ2) is 7.26. The highest BCUT2D eigenvalue weighted by Crippen LogP contribution is 2.34. The molecule has 2 amide bonds. The van der Waals surface area contributed by atoms with Gasteiger partial charge in [-0.1, -0.05) is 0 Å². The zero-order valence-electron chi connectivity index (χ0n) is 16.1. The molecule has 1 N–H and O–H groups in total. The van der Waals surface area contributed by atoms with E-state index in [1.165, 1.54) is 12.5 Å². The van der Waals surface area contributed by atoms with E-state index in [1.54, 1.807) is 30.9 Å². The third kappa shape index (κ3) is 3.85. The summed E-state index contributed by atoms with van der Waals surface area (Å²) in [5.41, 5.74) is 0.0634. The molecule has 3 heterocycles. The number of aromatic nitrogens is 2. The minimum Gasteiger partial charge on any atom is -0.476 e. The number of oxazole rings is 1. The summed E-state index contributed by atoms with van der Waals surface area (Å²) in [6.07, 6.45) is 6.62. The molecule has 1 aliphatic carbocycles. The standard InChI is InChI=1S/C20H24N4O4/c1-20(2,19-21-9-11-27-19)23-17(26)14-7-8-15(24-10-3-4-16(24)25)18(22-14)28-12-13-5-6-13/h7-9,11,13H,3-6,10,12H2,1-2H3,(H,23,26). The number of hydrogen-bond acceptors (Lipinski definition) is 6. The van der Waals surface area contributed by atoms with Crippen LogP contribution >= 0.6 is 0 Å². The summed E-state index contributed by atoms with van der Waals surface area (Å²) >= 11 is 0. The SMILES string of the molecule is CC(C)(NC(=O)c1ccc(N2CCCC2=O)c(OCC2CC2)n1)c1ncco1. The molecule has 148 valence electrons. The van der Waals surface area contributed by atoms with Gasteiger partial charge in [-0.25, -0.2) is 9.97 Å². The van der Waals surface area contributed by atoms with Gasteiger partial charge in [0.15, 0.2) is 0 Å². The number of nitrogens with zero attached hydrogens (tertiary/aromatic N) is 3. The molecule has 1 saturated heterocycles. The molecule has 0 atom stereocenters. The Balaban J connectivity index is 1.57. The number of rotatable bonds is 7. The number of pyridine rings is 1. The fraction of sp³-hybridized carbons (Fsp3) is 0.500. The van der Waals surface area contributed by atoms with Crippen molar-refractivity contribution in [3.05, 3.63) is 36.2 Å². The third-order valence-corrected chi connectivity index (χ3v) is 4.98. The Morgan fingerprint density at radius 1 is 1.39 bits per heavy atom. The van der Waals surface area contributed by atoms with Crippen molar-refractivity contribution in [3.63, 3.8) is 0 Å². The lowest BCUT2D eigenvalue weighted by Crippen LogP contribution is -2.41. The smallest absolute Gasteiger partial charge is 0.270 e. The molecule has 0 aromatic carbocycles. The predicted molar refractivity (Wildman–Crippen MR) is 101 cm³/mol. The first-order chi connectivity index (χ1) is 13.4. The summed E-state index contributed by atoms with van der Waals surface area (Å²) in [5, 5.41) is 2.88. The van der Waals surface area contributed by atoms with E-state index < -0.39 is 5.54 Å². The molecule has 1 aliphatic heterocycles. The maximum Gasteiger partial charge on any atom is 0.270 e. The van der Waals surface area contributed by atoms with Gasteiger partial charge in [0.25, 0.3) is 5.91 Å². The first-order valence-corrected chi connectivity index (χ1v) is 9.61. The van der Waals surface area contributed by atoms with Crippen LogP contribution in [0.25, 0.3) is 0 Å². The summed E-state index contributed by atoms with van der Waals surface area (Å²) < 4.78 is 11.2. The van der Waals surface area contributed by atoms with E-state index in [4.69, 9.17) is 9.15 Å². The minimum absolute atomic E-state index is 0.0558. The lowest BCUT2D eigenvalue weighted by molar-refractivity contribution is -0.117. The Bertz CT molecular complexity index is 874. The maximum atomic E-state index is 12.8. The number of ether oxygens (including phenoxy) is 1. The highest BCUT2D eigenvalue weighted by Gasteiger charge is 2.31. The summed E-state index contributed by atoms with van der Waals surface area (Å²) in [6.45, 7) is 4.80. The molecule has 2 fully saturated rings. The average molecular weight is 384 g/mol. The molecule has 2 aromatic heterocycles. The van der Waals surface area contributed by atoms with Gasteiger partial charge in [-0.3, -0.25) is 9.59 Å². The van der Waals surface area contributed by atoms with Gasteiger partial charge >= 0.3 is 0 Å². The fourth-order valence-corrected chi connectivity index (χ4v) is 3.19. The van der Waals surface area contributed by atoms with Crippen LogP contribution < -0.4 is 15.0 Å². The molecule has 28 heavy (non-hydrogen) atoms. The molecule has 2 aromatic rings. The first kappa shape index (κ1) is 18.5. The van der Waals surface area contributed by atoms with Crippen molar-refractivity contribution in [1.29, 1.82) is 0 Å². The number of amides is 2. The number of carbonyl (C=O) groups is 2. The lowest BCUT2D eigenvalue weighted by Gasteiger charge is -2.23. The van der Waals surface area contributed by atoms with Crippen LogP contribution in [0.15, 0.2) is 29.0 Å². The van der Waals surface area contributed by atoms with Gasteiger partial charge in [0, 0.05) is 13.0 Å². The van der Waals surface area contributed by atoms with E-state index in [1.807, 2.05) is 0 Å². The van der Waals surface area contributed by atoms with Gasteiger partial charge in [0.05, 0.1) is 12.8 Å². The van der Waals surface area contributed by atoms with Crippen LogP contribution in [0, 0.1) is 5.92 Å². The molecule has 0 spiro atoms. The summed E-state index contributed by atoms with van der Waals surface area (Å²) in [4.78, 5) is 35.2. The highest BCUT2D eigenvalue weighted by atomic mass is 16.5. The van der Waals surface area contributed by atoms with Crippen molar-refractivity contribution in [2.75, 3.05) is 18.1 Å². The van der Waals surface area contributed by atoms with Gasteiger partial charge < -0.3 is 19.4 Å². The van der Waals surface area contributed by atoms with Crippen molar-refractivity contribution in [2.24, 2.45) is 5.92 Å². The largest absolute Gasteiger partial charge is 0.476 e. The number of hydrogen-bond donors (Lipinski definition) is 1. The minimum atomic E-state index is -0.791. The predicted octanol–water partition coefficient (Wildman–Crippen LogP) is 2.65. The van der Waals surface area contributed by atoms with E-state index in [9.17, 15) is 9.59 Å². The van der Waals surface area contributed by atoms with E-state index in [-0.39, 0.29) is 17.5 Å². The quantitative estimate of drug-likeness (QED) is 0.788. The van der Waals surface area contributed by atoms with Crippen molar-refractivity contribution in [2.45, 2.75) is 45.1 Å². The van der Waals surface area contributed by atoms with Crippen molar-refractivity contribution >= 4 is 17.5 Å². The van der Waals surface area contributed by atoms with E-state index in [0.29, 0.717) is 42.9 Å². The normalized spacial score (nSPS) is 17.1. The molecule has 8 heteroatoms. The molecule has 4 rings (SSSR count). The zero-order valence-corrected chi connectivity index (χ0v) is 16.1. The van der Waals surface area contributed by atoms with Crippen LogP contribution in [-0.4, -0.2) is 34.9 Å². The number of carbonyl (C=O) groups excluding carboxylic acids is 2. The summed E-state index contributed by atoms with van der Waals surface area (Å²) in [5.74, 6) is 0.971. The second-order valence-electron chi connectivity index (χ2n) is 7.84. The van der Waals surface area contributed by atoms with Crippen LogP contribution in [0.4, 0.5) is 5.69 Å². The third-order valence-electron chi connectivity index (χ3n) is 4.98. The fourth-order valence-electron chi connectivity index (χ4n) is 3.19. The number of anilines is 1. The van der Waals surface area contributed by atoms with Gasteiger partial charge in [0.1, 0.15) is 23.2 Å². The molecular weight excluding hydrogens is 360 g/mol. The molecule has 2 aliphatic rings. The Kier molecular flexibility index (Phi) is 4.78. The van der Waals surface area contributed by atoms with Gasteiger partial charge in [-0.2, -0.15) is 0 Å². The van der Waals surface area contributed by atoms with Crippen LogP contribution in [0.1, 0.15) is 55.9 Å². The Morgan fingerprint density at radius 2 is 2.21 bits per heavy atom. The van der Waals surface area contributed by atoms with E-state index in [0.717, 1.165) is 19.3 Å². The summed E-state index contributed by atoms with van der Waals surface area (Å²) in [6, 6.07) is 3.36. The topological polar surface area (TPSA) is 97.6 Å². The van der Waals surface area contributed by atoms with Gasteiger partial charge in [0.2, 0.25) is 17.7 Å². The molecule has 0 unspecified atom stereocenters.